The van der Waals surface area contributed by atoms with Crippen molar-refractivity contribution in [3.63, 3.8) is 0 Å². The highest BCUT2D eigenvalue weighted by Crippen LogP contribution is 2.29. The van der Waals surface area contributed by atoms with Crippen molar-refractivity contribution in [1.82, 2.24) is 14.4 Å². The molecule has 2 aromatic heterocycles. The molecule has 2 aromatic carbocycles. The number of hydrogen-bond acceptors (Lipinski definition) is 3. The molecule has 0 atom stereocenters. The second-order valence-corrected chi connectivity index (χ2v) is 6.38. The standard InChI is InChI=1S/C21H19FN4/c1-14-4-7-17(12-15(14)2)19-20(26-11-3-10-23-21(26)25-19)24-13-16-5-8-18(22)9-6-16/h3-12,24H,13H2,1-2H3. The highest BCUT2D eigenvalue weighted by Gasteiger charge is 2.15. The maximum Gasteiger partial charge on any atom is 0.235 e. The predicted molar refractivity (Wildman–Crippen MR) is 102 cm³/mol. The van der Waals surface area contributed by atoms with Crippen LogP contribution in [0.4, 0.5) is 10.2 Å². The van der Waals surface area contributed by atoms with Crippen molar-refractivity contribution < 1.29 is 4.39 Å². The molecule has 0 aliphatic carbocycles. The van der Waals surface area contributed by atoms with Crippen LogP contribution in [-0.4, -0.2) is 14.4 Å². The van der Waals surface area contributed by atoms with E-state index in [0.717, 1.165) is 22.6 Å². The lowest BCUT2D eigenvalue weighted by Gasteiger charge is -2.10. The van der Waals surface area contributed by atoms with Crippen LogP contribution in [0.1, 0.15) is 16.7 Å². The van der Waals surface area contributed by atoms with Crippen LogP contribution in [0.3, 0.4) is 0 Å². The van der Waals surface area contributed by atoms with Crippen LogP contribution in [-0.2, 0) is 6.54 Å². The molecule has 0 aliphatic rings. The fourth-order valence-electron chi connectivity index (χ4n) is 2.93. The Kier molecular flexibility index (Phi) is 4.13. The summed E-state index contributed by atoms with van der Waals surface area (Å²) < 4.78 is 15.1. The first kappa shape index (κ1) is 16.3. The van der Waals surface area contributed by atoms with E-state index in [2.05, 4.69) is 42.3 Å². The fourth-order valence-corrected chi connectivity index (χ4v) is 2.93. The maximum atomic E-state index is 13.1. The van der Waals surface area contributed by atoms with Crippen molar-refractivity contribution in [2.24, 2.45) is 0 Å². The van der Waals surface area contributed by atoms with Crippen molar-refractivity contribution in [3.8, 4) is 11.3 Å². The van der Waals surface area contributed by atoms with Gasteiger partial charge in [0.1, 0.15) is 17.3 Å². The number of fused-ring (bicyclic) bond motifs is 1. The first-order valence-electron chi connectivity index (χ1n) is 8.51. The van der Waals surface area contributed by atoms with Gasteiger partial charge in [-0.2, -0.15) is 0 Å². The van der Waals surface area contributed by atoms with Crippen LogP contribution in [0.25, 0.3) is 17.0 Å². The molecular formula is C21H19FN4. The second kappa shape index (κ2) is 6.59. The van der Waals surface area contributed by atoms with E-state index >= 15 is 0 Å². The number of hydrogen-bond donors (Lipinski definition) is 1. The zero-order valence-electron chi connectivity index (χ0n) is 14.7. The zero-order valence-corrected chi connectivity index (χ0v) is 14.7. The minimum Gasteiger partial charge on any atom is -0.365 e. The molecule has 4 rings (SSSR count). The summed E-state index contributed by atoms with van der Waals surface area (Å²) in [4.78, 5) is 9.07. The molecule has 0 radical (unpaired) electrons. The third-order valence-electron chi connectivity index (χ3n) is 4.56. The SMILES string of the molecule is Cc1ccc(-c2nc3ncccn3c2NCc2ccc(F)cc2)cc1C. The van der Waals surface area contributed by atoms with Gasteiger partial charge in [-0.1, -0.05) is 24.3 Å². The lowest BCUT2D eigenvalue weighted by molar-refractivity contribution is 0.627. The van der Waals surface area contributed by atoms with Gasteiger partial charge in [0.2, 0.25) is 5.78 Å². The molecule has 0 saturated carbocycles. The molecule has 0 fully saturated rings. The zero-order chi connectivity index (χ0) is 18.1. The van der Waals surface area contributed by atoms with E-state index in [1.54, 1.807) is 18.3 Å². The van der Waals surface area contributed by atoms with Crippen LogP contribution in [0.5, 0.6) is 0 Å². The molecule has 0 saturated heterocycles. The summed E-state index contributed by atoms with van der Waals surface area (Å²) in [6, 6.07) is 14.7. The Bertz CT molecular complexity index is 1070. The lowest BCUT2D eigenvalue weighted by Crippen LogP contribution is -2.03. The van der Waals surface area contributed by atoms with Gasteiger partial charge < -0.3 is 5.32 Å². The van der Waals surface area contributed by atoms with Gasteiger partial charge >= 0.3 is 0 Å². The number of aryl methyl sites for hydroxylation is 2. The number of nitrogens with zero attached hydrogens (tertiary/aromatic N) is 3. The fraction of sp³-hybridized carbons (Fsp3) is 0.143. The van der Waals surface area contributed by atoms with Gasteiger partial charge in [0, 0.05) is 24.5 Å². The van der Waals surface area contributed by atoms with E-state index in [-0.39, 0.29) is 5.82 Å². The van der Waals surface area contributed by atoms with Gasteiger partial charge in [0.15, 0.2) is 0 Å². The number of rotatable bonds is 4. The average Bonchev–Trinajstić information content (AvgIpc) is 3.02. The minimum atomic E-state index is -0.233. The summed E-state index contributed by atoms with van der Waals surface area (Å²) >= 11 is 0. The summed E-state index contributed by atoms with van der Waals surface area (Å²) in [5, 5.41) is 3.44. The van der Waals surface area contributed by atoms with Gasteiger partial charge in [0.05, 0.1) is 0 Å². The van der Waals surface area contributed by atoms with Crippen molar-refractivity contribution in [2.45, 2.75) is 20.4 Å². The molecule has 5 heteroatoms. The Morgan fingerprint density at radius 2 is 1.85 bits per heavy atom. The number of halogens is 1. The van der Waals surface area contributed by atoms with Gasteiger partial charge in [-0.25, -0.2) is 14.4 Å². The molecule has 26 heavy (non-hydrogen) atoms. The van der Waals surface area contributed by atoms with Gasteiger partial charge in [-0.15, -0.1) is 0 Å². The summed E-state index contributed by atoms with van der Waals surface area (Å²) in [5.74, 6) is 1.28. The summed E-state index contributed by atoms with van der Waals surface area (Å²) in [7, 11) is 0. The van der Waals surface area contributed by atoms with Crippen LogP contribution in [0, 0.1) is 19.7 Å². The number of aromatic nitrogens is 3. The number of benzene rings is 2. The van der Waals surface area contributed by atoms with Crippen LogP contribution in [0.15, 0.2) is 60.9 Å². The van der Waals surface area contributed by atoms with Crippen molar-refractivity contribution in [3.05, 3.63) is 83.4 Å². The smallest absolute Gasteiger partial charge is 0.235 e. The quantitative estimate of drug-likeness (QED) is 0.579. The van der Waals surface area contributed by atoms with E-state index < -0.39 is 0 Å². The van der Waals surface area contributed by atoms with Crippen molar-refractivity contribution in [2.75, 3.05) is 5.32 Å². The highest BCUT2D eigenvalue weighted by molar-refractivity contribution is 5.76. The number of anilines is 1. The minimum absolute atomic E-state index is 0.233. The molecule has 0 spiro atoms. The molecule has 4 nitrogen and oxygen atoms in total. The Morgan fingerprint density at radius 3 is 2.62 bits per heavy atom. The Labute approximate surface area is 151 Å². The van der Waals surface area contributed by atoms with Crippen LogP contribution < -0.4 is 5.32 Å². The number of imidazole rings is 1. The predicted octanol–water partition coefficient (Wildman–Crippen LogP) is 4.76. The largest absolute Gasteiger partial charge is 0.365 e. The van der Waals surface area contributed by atoms with E-state index in [1.165, 1.54) is 23.3 Å². The third kappa shape index (κ3) is 3.04. The topological polar surface area (TPSA) is 42.2 Å². The van der Waals surface area contributed by atoms with Gasteiger partial charge in [0.25, 0.3) is 0 Å². The molecule has 0 unspecified atom stereocenters. The molecule has 2 heterocycles. The molecule has 1 N–H and O–H groups in total. The summed E-state index contributed by atoms with van der Waals surface area (Å²) in [5.41, 5.74) is 5.36. The third-order valence-corrected chi connectivity index (χ3v) is 4.56. The molecule has 4 aromatic rings. The highest BCUT2D eigenvalue weighted by atomic mass is 19.1. The Balaban J connectivity index is 1.76. The van der Waals surface area contributed by atoms with Crippen LogP contribution in [0.2, 0.25) is 0 Å². The molecule has 0 amide bonds. The van der Waals surface area contributed by atoms with Crippen LogP contribution >= 0.6 is 0 Å². The van der Waals surface area contributed by atoms with Crippen molar-refractivity contribution >= 4 is 11.6 Å². The van der Waals surface area contributed by atoms with E-state index in [1.807, 2.05) is 16.7 Å². The monoisotopic (exact) mass is 346 g/mol. The maximum absolute atomic E-state index is 13.1. The molecule has 0 bridgehead atoms. The Morgan fingerprint density at radius 1 is 1.04 bits per heavy atom. The van der Waals surface area contributed by atoms with Gasteiger partial charge in [-0.05, 0) is 54.8 Å². The van der Waals surface area contributed by atoms with E-state index in [9.17, 15) is 4.39 Å². The summed E-state index contributed by atoms with van der Waals surface area (Å²) in [6.07, 6.45) is 3.67. The molecular weight excluding hydrogens is 327 g/mol. The lowest BCUT2D eigenvalue weighted by atomic mass is 10.0. The van der Waals surface area contributed by atoms with E-state index in [4.69, 9.17) is 4.98 Å². The average molecular weight is 346 g/mol. The van der Waals surface area contributed by atoms with Crippen molar-refractivity contribution in [1.29, 1.82) is 0 Å². The molecule has 0 aliphatic heterocycles. The first-order valence-corrected chi connectivity index (χ1v) is 8.51. The molecule has 130 valence electrons. The first-order chi connectivity index (χ1) is 12.6. The Hall–Kier alpha value is -3.21. The van der Waals surface area contributed by atoms with E-state index in [0.29, 0.717) is 12.3 Å². The van der Waals surface area contributed by atoms with Gasteiger partial charge in [-0.3, -0.25) is 4.40 Å². The summed E-state index contributed by atoms with van der Waals surface area (Å²) in [6.45, 7) is 4.76. The number of nitrogens with one attached hydrogen (secondary N) is 1. The normalized spacial score (nSPS) is 11.0. The second-order valence-electron chi connectivity index (χ2n) is 6.38.